The molecule has 3 rings (SSSR count). The molecule has 0 bridgehead atoms. The zero-order valence-corrected chi connectivity index (χ0v) is 13.7. The van der Waals surface area contributed by atoms with E-state index in [1.807, 2.05) is 0 Å². The van der Waals surface area contributed by atoms with Gasteiger partial charge in [-0.1, -0.05) is 6.07 Å². The van der Waals surface area contributed by atoms with Crippen LogP contribution in [-0.2, 0) is 0 Å². The third-order valence-corrected chi connectivity index (χ3v) is 3.96. The zero-order valence-electron chi connectivity index (χ0n) is 13.7. The van der Waals surface area contributed by atoms with E-state index in [2.05, 4.69) is 6.07 Å². The fraction of sp³-hybridized carbons (Fsp3) is 0.100. The van der Waals surface area contributed by atoms with Crippen molar-refractivity contribution in [2.45, 2.75) is 13.8 Å². The fourth-order valence-corrected chi connectivity index (χ4v) is 2.79. The second-order valence-electron chi connectivity index (χ2n) is 5.88. The highest BCUT2D eigenvalue weighted by molar-refractivity contribution is 5.97. The lowest BCUT2D eigenvalue weighted by Gasteiger charge is -2.06. The predicted molar refractivity (Wildman–Crippen MR) is 92.3 cm³/mol. The summed E-state index contributed by atoms with van der Waals surface area (Å²) < 4.78 is 15.4. The van der Waals surface area contributed by atoms with Crippen molar-refractivity contribution < 1.29 is 14.3 Å². The molecule has 0 saturated heterocycles. The van der Waals surface area contributed by atoms with Gasteiger partial charge in [-0.25, -0.2) is 4.39 Å². The summed E-state index contributed by atoms with van der Waals surface area (Å²) in [5, 5.41) is 19.4. The number of nitriles is 1. The van der Waals surface area contributed by atoms with E-state index in [0.717, 1.165) is 5.56 Å². The summed E-state index contributed by atoms with van der Waals surface area (Å²) in [5.41, 5.74) is 3.18. The Kier molecular flexibility index (Phi) is 4.12. The number of benzene rings is 2. The van der Waals surface area contributed by atoms with Crippen LogP contribution in [0.5, 0.6) is 5.75 Å². The maximum atomic E-state index is 13.7. The number of phenols is 1. The lowest BCUT2D eigenvalue weighted by atomic mass is 10.0. The minimum atomic E-state index is -0.366. The molecule has 0 radical (unpaired) electrons. The number of carbonyl (C=O) groups excluding carboxylic acids is 1. The van der Waals surface area contributed by atoms with E-state index >= 15 is 0 Å². The molecular weight excluding hydrogens is 319 g/mol. The van der Waals surface area contributed by atoms with Crippen molar-refractivity contribution in [2.75, 3.05) is 0 Å². The average Bonchev–Trinajstić information content (AvgIpc) is 2.97. The Morgan fingerprint density at radius 2 is 1.96 bits per heavy atom. The van der Waals surface area contributed by atoms with Gasteiger partial charge in [-0.15, -0.1) is 0 Å². The van der Waals surface area contributed by atoms with E-state index in [-0.39, 0.29) is 22.9 Å². The van der Waals surface area contributed by atoms with Crippen molar-refractivity contribution in [2.24, 2.45) is 0 Å². The molecule has 2 aromatic carbocycles. The number of hydrogen-bond donors (Lipinski definition) is 1. The monoisotopic (exact) mass is 334 g/mol. The Morgan fingerprint density at radius 1 is 1.20 bits per heavy atom. The first-order valence-corrected chi connectivity index (χ1v) is 7.63. The molecular formula is C20H15FN2O2. The highest BCUT2D eigenvalue weighted by Crippen LogP contribution is 2.29. The van der Waals surface area contributed by atoms with Crippen LogP contribution in [-0.4, -0.2) is 15.5 Å². The highest BCUT2D eigenvalue weighted by atomic mass is 19.1. The molecule has 0 aliphatic carbocycles. The van der Waals surface area contributed by atoms with Gasteiger partial charge < -0.3 is 9.67 Å². The topological polar surface area (TPSA) is 66.0 Å². The average molecular weight is 334 g/mol. The number of Topliss-reactive ketones (excluding diaryl/α,β-unsaturated/α-hetero) is 1. The second-order valence-corrected chi connectivity index (χ2v) is 5.88. The number of aryl methyl sites for hydroxylation is 1. The van der Waals surface area contributed by atoms with Gasteiger partial charge in [-0.3, -0.25) is 4.79 Å². The quantitative estimate of drug-likeness (QED) is 0.723. The number of rotatable bonds is 3. The molecule has 4 nitrogen and oxygen atoms in total. The molecule has 0 amide bonds. The fourth-order valence-electron chi connectivity index (χ4n) is 2.79. The predicted octanol–water partition coefficient (Wildman–Crippen LogP) is 4.37. The van der Waals surface area contributed by atoms with Crippen molar-refractivity contribution >= 4 is 5.78 Å². The number of halogens is 1. The molecule has 5 heteroatoms. The van der Waals surface area contributed by atoms with Gasteiger partial charge in [-0.2, -0.15) is 5.26 Å². The van der Waals surface area contributed by atoms with E-state index in [9.17, 15) is 19.6 Å². The Hall–Kier alpha value is -3.39. The molecule has 0 saturated carbocycles. The highest BCUT2D eigenvalue weighted by Gasteiger charge is 2.13. The first-order valence-electron chi connectivity index (χ1n) is 7.63. The molecule has 3 aromatic rings. The largest absolute Gasteiger partial charge is 0.507 e. The minimum Gasteiger partial charge on any atom is -0.507 e. The normalized spacial score (nSPS) is 10.5. The Labute approximate surface area is 144 Å². The molecule has 0 aliphatic rings. The van der Waals surface area contributed by atoms with Crippen LogP contribution >= 0.6 is 0 Å². The van der Waals surface area contributed by atoms with E-state index in [1.54, 1.807) is 36.0 Å². The van der Waals surface area contributed by atoms with Gasteiger partial charge in [0.25, 0.3) is 0 Å². The van der Waals surface area contributed by atoms with Crippen molar-refractivity contribution in [3.63, 3.8) is 0 Å². The SMILES string of the molecule is CC(=O)c1ccc(-n2cc(C#N)c(-c3cc(C)cc(F)c3)c2)cc1O. The standard InChI is InChI=1S/C20H15FN2O2/c1-12-5-14(7-16(21)6-12)19-11-23(10-15(19)9-22)17-3-4-18(13(2)24)20(25)8-17/h3-8,10-11,25H,1-2H3. The summed E-state index contributed by atoms with van der Waals surface area (Å²) in [5.74, 6) is -0.722. The third kappa shape index (κ3) is 3.15. The van der Waals surface area contributed by atoms with Gasteiger partial charge in [0.2, 0.25) is 0 Å². The van der Waals surface area contributed by atoms with Crippen LogP contribution in [0, 0.1) is 24.1 Å². The van der Waals surface area contributed by atoms with Crippen molar-refractivity contribution in [3.8, 4) is 28.6 Å². The number of aromatic nitrogens is 1. The molecule has 25 heavy (non-hydrogen) atoms. The first-order chi connectivity index (χ1) is 11.9. The lowest BCUT2D eigenvalue weighted by Crippen LogP contribution is -1.95. The van der Waals surface area contributed by atoms with Crippen molar-refractivity contribution in [1.82, 2.24) is 4.57 Å². The summed E-state index contributed by atoms with van der Waals surface area (Å²) in [6.45, 7) is 3.16. The number of aromatic hydroxyl groups is 1. The van der Waals surface area contributed by atoms with Gasteiger partial charge in [0.15, 0.2) is 5.78 Å². The molecule has 1 aromatic heterocycles. The van der Waals surface area contributed by atoms with Crippen molar-refractivity contribution in [3.05, 3.63) is 71.3 Å². The minimum absolute atomic E-state index is 0.125. The number of phenolic OH excluding ortho intramolecular Hbond substituents is 1. The van der Waals surface area contributed by atoms with Gasteiger partial charge >= 0.3 is 0 Å². The number of nitrogens with zero attached hydrogens (tertiary/aromatic N) is 2. The number of ketones is 1. The van der Waals surface area contributed by atoms with Crippen LogP contribution < -0.4 is 0 Å². The smallest absolute Gasteiger partial charge is 0.163 e. The third-order valence-electron chi connectivity index (χ3n) is 3.96. The maximum Gasteiger partial charge on any atom is 0.163 e. The molecule has 1 heterocycles. The van der Waals surface area contributed by atoms with E-state index in [1.165, 1.54) is 31.2 Å². The van der Waals surface area contributed by atoms with E-state index in [0.29, 0.717) is 22.4 Å². The second kappa shape index (κ2) is 6.25. The molecule has 0 unspecified atom stereocenters. The van der Waals surface area contributed by atoms with Crippen molar-refractivity contribution in [1.29, 1.82) is 5.26 Å². The van der Waals surface area contributed by atoms with E-state index < -0.39 is 0 Å². The van der Waals surface area contributed by atoms with Crippen LogP contribution in [0.25, 0.3) is 16.8 Å². The number of hydrogen-bond acceptors (Lipinski definition) is 3. The summed E-state index contributed by atoms with van der Waals surface area (Å²) >= 11 is 0. The van der Waals surface area contributed by atoms with Gasteiger partial charge in [0.1, 0.15) is 17.6 Å². The number of carbonyl (C=O) groups is 1. The van der Waals surface area contributed by atoms with Gasteiger partial charge in [0.05, 0.1) is 11.1 Å². The zero-order chi connectivity index (χ0) is 18.1. The molecule has 0 fully saturated rings. The summed E-state index contributed by atoms with van der Waals surface area (Å²) in [6.07, 6.45) is 3.31. The Bertz CT molecular complexity index is 1010. The Balaban J connectivity index is 2.11. The summed E-state index contributed by atoms with van der Waals surface area (Å²) in [7, 11) is 0. The molecule has 0 atom stereocenters. The summed E-state index contributed by atoms with van der Waals surface area (Å²) in [6, 6.07) is 11.4. The molecule has 0 aliphatic heterocycles. The van der Waals surface area contributed by atoms with Crippen LogP contribution in [0.2, 0.25) is 0 Å². The van der Waals surface area contributed by atoms with Gasteiger partial charge in [-0.05, 0) is 49.2 Å². The van der Waals surface area contributed by atoms with Crippen LogP contribution in [0.1, 0.15) is 28.4 Å². The van der Waals surface area contributed by atoms with Crippen LogP contribution in [0.4, 0.5) is 4.39 Å². The molecule has 1 N–H and O–H groups in total. The van der Waals surface area contributed by atoms with Gasteiger partial charge in [0, 0.05) is 29.7 Å². The molecule has 0 spiro atoms. The maximum absolute atomic E-state index is 13.7. The van der Waals surface area contributed by atoms with Crippen LogP contribution in [0.15, 0.2) is 48.8 Å². The Morgan fingerprint density at radius 3 is 2.56 bits per heavy atom. The first kappa shape index (κ1) is 16.5. The lowest BCUT2D eigenvalue weighted by molar-refractivity contribution is 0.101. The van der Waals surface area contributed by atoms with Crippen LogP contribution in [0.3, 0.4) is 0 Å². The summed E-state index contributed by atoms with van der Waals surface area (Å²) in [4.78, 5) is 11.4. The van der Waals surface area contributed by atoms with E-state index in [4.69, 9.17) is 0 Å². The molecule has 124 valence electrons.